The highest BCUT2D eigenvalue weighted by Crippen LogP contribution is 2.10. The van der Waals surface area contributed by atoms with E-state index in [0.717, 1.165) is 5.56 Å². The molecular weight excluding hydrogens is 396 g/mol. The monoisotopic (exact) mass is 422 g/mol. The molecule has 0 heterocycles. The van der Waals surface area contributed by atoms with Crippen LogP contribution in [-0.2, 0) is 9.59 Å². The zero-order valence-corrected chi connectivity index (χ0v) is 17.1. The Kier molecular flexibility index (Phi) is 9.39. The Bertz CT molecular complexity index is 960. The third kappa shape index (κ3) is 7.68. The molecule has 162 valence electrons. The van der Waals surface area contributed by atoms with Crippen LogP contribution in [0.3, 0.4) is 0 Å². The van der Waals surface area contributed by atoms with Crippen molar-refractivity contribution in [2.24, 2.45) is 11.5 Å². The van der Waals surface area contributed by atoms with E-state index in [1.54, 1.807) is 48.5 Å². The molecular formula is C23H26N4O4. The van der Waals surface area contributed by atoms with Crippen LogP contribution in [0, 0.1) is 11.8 Å². The normalized spacial score (nSPS) is 11.1. The van der Waals surface area contributed by atoms with Crippen LogP contribution < -0.4 is 22.1 Å². The van der Waals surface area contributed by atoms with Crippen molar-refractivity contribution in [2.75, 3.05) is 25.0 Å². The minimum absolute atomic E-state index is 0.0769. The molecule has 0 saturated carbocycles. The first-order valence-electron chi connectivity index (χ1n) is 9.83. The summed E-state index contributed by atoms with van der Waals surface area (Å²) in [5.74, 6) is 4.95. The smallest absolute Gasteiger partial charge is 0.251 e. The first-order chi connectivity index (χ1) is 15.0. The summed E-state index contributed by atoms with van der Waals surface area (Å²) in [6, 6.07) is 12.8. The highest BCUT2D eigenvalue weighted by Gasteiger charge is 2.18. The second-order valence-corrected chi connectivity index (χ2v) is 6.73. The summed E-state index contributed by atoms with van der Waals surface area (Å²) in [5, 5.41) is 14.2. The summed E-state index contributed by atoms with van der Waals surface area (Å²) >= 11 is 0. The number of carbonyl (C=O) groups excluding carboxylic acids is 3. The summed E-state index contributed by atoms with van der Waals surface area (Å²) < 4.78 is 0. The number of hydrogen-bond acceptors (Lipinski definition) is 6. The number of aliphatic hydroxyl groups excluding tert-OH is 1. The minimum atomic E-state index is -0.926. The number of aliphatic hydroxyl groups is 1. The highest BCUT2D eigenvalue weighted by molar-refractivity contribution is 5.98. The molecule has 0 radical (unpaired) electrons. The lowest BCUT2D eigenvalue weighted by Gasteiger charge is -2.14. The SMILES string of the molecule is NCCCC(=O)Nc1ccc(C#Cc2ccc(C(=O)N[C@@H](CN)C(=O)CO)cc2)cc1. The van der Waals surface area contributed by atoms with Crippen LogP contribution in [0.15, 0.2) is 48.5 Å². The third-order valence-electron chi connectivity index (χ3n) is 4.36. The lowest BCUT2D eigenvalue weighted by molar-refractivity contribution is -0.123. The van der Waals surface area contributed by atoms with Gasteiger partial charge in [-0.25, -0.2) is 0 Å². The molecule has 0 unspecified atom stereocenters. The van der Waals surface area contributed by atoms with Crippen molar-refractivity contribution in [1.82, 2.24) is 5.32 Å². The fourth-order valence-corrected chi connectivity index (χ4v) is 2.59. The minimum Gasteiger partial charge on any atom is -0.388 e. The van der Waals surface area contributed by atoms with Crippen molar-refractivity contribution in [1.29, 1.82) is 0 Å². The average molecular weight is 422 g/mol. The van der Waals surface area contributed by atoms with Crippen LogP contribution in [0.1, 0.15) is 34.3 Å². The van der Waals surface area contributed by atoms with Crippen molar-refractivity contribution in [3.05, 3.63) is 65.2 Å². The number of nitrogens with two attached hydrogens (primary N) is 2. The number of hydrogen-bond donors (Lipinski definition) is 5. The Morgan fingerprint density at radius 2 is 1.52 bits per heavy atom. The third-order valence-corrected chi connectivity index (χ3v) is 4.36. The lowest BCUT2D eigenvalue weighted by Crippen LogP contribution is -2.46. The van der Waals surface area contributed by atoms with Crippen LogP contribution in [0.25, 0.3) is 0 Å². The van der Waals surface area contributed by atoms with E-state index in [1.165, 1.54) is 0 Å². The van der Waals surface area contributed by atoms with Crippen LogP contribution in [0.4, 0.5) is 5.69 Å². The maximum absolute atomic E-state index is 12.2. The first-order valence-corrected chi connectivity index (χ1v) is 9.83. The van der Waals surface area contributed by atoms with E-state index in [9.17, 15) is 14.4 Å². The topological polar surface area (TPSA) is 148 Å². The number of Topliss-reactive ketones (excluding diaryl/α,β-unsaturated/α-hetero) is 1. The van der Waals surface area contributed by atoms with Gasteiger partial charge >= 0.3 is 0 Å². The number of nitrogens with one attached hydrogen (secondary N) is 2. The van der Waals surface area contributed by atoms with Crippen LogP contribution in [0.5, 0.6) is 0 Å². The number of anilines is 1. The maximum Gasteiger partial charge on any atom is 0.251 e. The van der Waals surface area contributed by atoms with E-state index in [0.29, 0.717) is 36.2 Å². The number of benzene rings is 2. The molecule has 0 fully saturated rings. The van der Waals surface area contributed by atoms with Crippen LogP contribution in [0.2, 0.25) is 0 Å². The van der Waals surface area contributed by atoms with E-state index in [-0.39, 0.29) is 12.5 Å². The maximum atomic E-state index is 12.2. The van der Waals surface area contributed by atoms with Gasteiger partial charge in [0.1, 0.15) is 12.6 Å². The number of amides is 2. The first kappa shape index (κ1) is 23.8. The van der Waals surface area contributed by atoms with Gasteiger partial charge in [0.05, 0.1) is 0 Å². The van der Waals surface area contributed by atoms with Crippen LogP contribution >= 0.6 is 0 Å². The Labute approximate surface area is 181 Å². The predicted octanol–water partition coefficient (Wildman–Crippen LogP) is 0.382. The molecule has 0 aliphatic carbocycles. The van der Waals surface area contributed by atoms with Crippen molar-refractivity contribution in [3.8, 4) is 11.8 Å². The van der Waals surface area contributed by atoms with E-state index in [4.69, 9.17) is 16.6 Å². The number of ketones is 1. The molecule has 0 aliphatic heterocycles. The van der Waals surface area contributed by atoms with E-state index < -0.39 is 24.3 Å². The molecule has 2 aromatic carbocycles. The van der Waals surface area contributed by atoms with Gasteiger partial charge in [-0.15, -0.1) is 0 Å². The van der Waals surface area contributed by atoms with Gasteiger partial charge in [-0.3, -0.25) is 14.4 Å². The number of carbonyl (C=O) groups is 3. The van der Waals surface area contributed by atoms with Gasteiger partial charge in [-0.1, -0.05) is 11.8 Å². The summed E-state index contributed by atoms with van der Waals surface area (Å²) in [7, 11) is 0. The molecule has 1 atom stereocenters. The van der Waals surface area contributed by atoms with E-state index in [2.05, 4.69) is 22.5 Å². The summed E-state index contributed by atoms with van der Waals surface area (Å²) in [4.78, 5) is 35.4. The number of rotatable bonds is 9. The molecule has 0 aliphatic rings. The lowest BCUT2D eigenvalue weighted by atomic mass is 10.1. The van der Waals surface area contributed by atoms with Gasteiger partial charge in [0, 0.05) is 35.3 Å². The average Bonchev–Trinajstić information content (AvgIpc) is 2.80. The Morgan fingerprint density at radius 1 is 0.935 bits per heavy atom. The molecule has 0 aromatic heterocycles. The fourth-order valence-electron chi connectivity index (χ4n) is 2.59. The fraction of sp³-hybridized carbons (Fsp3) is 0.261. The van der Waals surface area contributed by atoms with Gasteiger partial charge in [-0.2, -0.15) is 0 Å². The quantitative estimate of drug-likeness (QED) is 0.369. The Hall–Kier alpha value is -3.51. The molecule has 0 spiro atoms. The molecule has 2 amide bonds. The van der Waals surface area contributed by atoms with Crippen molar-refractivity contribution in [3.63, 3.8) is 0 Å². The highest BCUT2D eigenvalue weighted by atomic mass is 16.3. The molecule has 8 nitrogen and oxygen atoms in total. The van der Waals surface area contributed by atoms with Crippen molar-refractivity contribution < 1.29 is 19.5 Å². The predicted molar refractivity (Wildman–Crippen MR) is 118 cm³/mol. The standard InChI is InChI=1S/C23H26N4O4/c24-13-1-2-22(30)26-19-11-7-17(8-12-19)4-3-16-5-9-18(10-6-16)23(31)27-20(14-25)21(29)15-28/h5-12,20,28H,1-2,13-15,24-25H2,(H,26,30)(H,27,31)/t20-/m0/s1. The second kappa shape index (κ2) is 12.2. The van der Waals surface area contributed by atoms with Crippen LogP contribution in [-0.4, -0.2) is 48.4 Å². The van der Waals surface area contributed by atoms with E-state index >= 15 is 0 Å². The molecule has 31 heavy (non-hydrogen) atoms. The summed E-state index contributed by atoms with van der Waals surface area (Å²) in [6.45, 7) is -0.297. The summed E-state index contributed by atoms with van der Waals surface area (Å²) in [5.41, 5.74) is 13.4. The van der Waals surface area contributed by atoms with Crippen molar-refractivity contribution in [2.45, 2.75) is 18.9 Å². The zero-order chi connectivity index (χ0) is 22.6. The van der Waals surface area contributed by atoms with Crippen molar-refractivity contribution >= 4 is 23.3 Å². The molecule has 0 saturated heterocycles. The second-order valence-electron chi connectivity index (χ2n) is 6.73. The van der Waals surface area contributed by atoms with Gasteiger partial charge in [-0.05, 0) is 61.5 Å². The van der Waals surface area contributed by atoms with Gasteiger partial charge in [0.25, 0.3) is 5.91 Å². The largest absolute Gasteiger partial charge is 0.388 e. The Morgan fingerprint density at radius 3 is 2.03 bits per heavy atom. The molecule has 2 rings (SSSR count). The molecule has 8 heteroatoms. The molecule has 7 N–H and O–H groups in total. The van der Waals surface area contributed by atoms with Gasteiger partial charge in [0.15, 0.2) is 5.78 Å². The van der Waals surface area contributed by atoms with E-state index in [1.807, 2.05) is 0 Å². The van der Waals surface area contributed by atoms with Gasteiger partial charge in [0.2, 0.25) is 5.91 Å². The van der Waals surface area contributed by atoms with Gasteiger partial charge < -0.3 is 27.2 Å². The Balaban J connectivity index is 1.97. The molecule has 2 aromatic rings. The summed E-state index contributed by atoms with van der Waals surface area (Å²) in [6.07, 6.45) is 1.03. The molecule has 0 bridgehead atoms. The zero-order valence-electron chi connectivity index (χ0n) is 17.1.